The molecule has 33 heavy (non-hydrogen) atoms. The van der Waals surface area contributed by atoms with Crippen LogP contribution in [-0.2, 0) is 11.2 Å². The highest BCUT2D eigenvalue weighted by Crippen LogP contribution is 2.35. The van der Waals surface area contributed by atoms with E-state index in [1.165, 1.54) is 11.1 Å². The summed E-state index contributed by atoms with van der Waals surface area (Å²) in [5, 5.41) is 17.0. The van der Waals surface area contributed by atoms with Gasteiger partial charge < -0.3 is 19.7 Å². The molecule has 0 spiro atoms. The second-order valence-corrected chi connectivity index (χ2v) is 8.86. The van der Waals surface area contributed by atoms with Gasteiger partial charge in [0.05, 0.1) is 11.7 Å². The molecule has 0 saturated carbocycles. The van der Waals surface area contributed by atoms with Crippen molar-refractivity contribution >= 4 is 17.6 Å². The van der Waals surface area contributed by atoms with E-state index in [1.54, 1.807) is 12.3 Å². The molecule has 0 radical (unpaired) electrons. The maximum absolute atomic E-state index is 10.9. The second kappa shape index (κ2) is 9.89. The van der Waals surface area contributed by atoms with Gasteiger partial charge in [0, 0.05) is 24.2 Å². The Kier molecular flexibility index (Phi) is 6.95. The number of nitrogens with zero attached hydrogens (tertiary/aromatic N) is 3. The molecule has 2 N–H and O–H groups in total. The predicted octanol–water partition coefficient (Wildman–Crippen LogP) is 4.99. The zero-order valence-electron chi connectivity index (χ0n) is 18.9. The van der Waals surface area contributed by atoms with E-state index in [2.05, 4.69) is 33.4 Å². The largest absolute Gasteiger partial charge is 0.481 e. The molecule has 3 heterocycles. The number of nitrogens with one attached hydrogen (secondary N) is 1. The molecule has 3 aromatic rings. The minimum Gasteiger partial charge on any atom is -0.481 e. The van der Waals surface area contributed by atoms with Gasteiger partial charge in [0.25, 0.3) is 5.89 Å². The lowest BCUT2D eigenvalue weighted by atomic mass is 9.86. The van der Waals surface area contributed by atoms with Crippen molar-refractivity contribution in [1.29, 1.82) is 0 Å². The minimum absolute atomic E-state index is 0.0326. The molecule has 4 rings (SSSR count). The van der Waals surface area contributed by atoms with E-state index in [-0.39, 0.29) is 18.6 Å². The van der Waals surface area contributed by atoms with E-state index in [1.807, 2.05) is 19.9 Å². The Morgan fingerprint density at radius 3 is 2.94 bits per heavy atom. The van der Waals surface area contributed by atoms with Gasteiger partial charge in [-0.1, -0.05) is 28.9 Å². The highest BCUT2D eigenvalue weighted by Gasteiger charge is 2.24. The third-order valence-corrected chi connectivity index (χ3v) is 6.00. The molecule has 0 fully saturated rings. The van der Waals surface area contributed by atoms with Crippen LogP contribution in [0.2, 0.25) is 5.02 Å². The van der Waals surface area contributed by atoms with Crippen LogP contribution >= 0.6 is 11.6 Å². The average molecular weight is 471 g/mol. The van der Waals surface area contributed by atoms with Gasteiger partial charge in [-0.25, -0.2) is 4.98 Å². The number of carboxylic acids is 1. The highest BCUT2D eigenvalue weighted by molar-refractivity contribution is 6.32. The summed E-state index contributed by atoms with van der Waals surface area (Å²) < 4.78 is 11.1. The number of carbonyl (C=O) groups is 1. The van der Waals surface area contributed by atoms with Crippen LogP contribution in [0.1, 0.15) is 55.8 Å². The van der Waals surface area contributed by atoms with Crippen LogP contribution < -0.4 is 10.1 Å². The summed E-state index contributed by atoms with van der Waals surface area (Å²) in [6.45, 7) is 6.73. The molecular formula is C24H27ClN4O4. The van der Waals surface area contributed by atoms with Crippen molar-refractivity contribution in [2.75, 3.05) is 6.54 Å². The number of benzene rings is 1. The third kappa shape index (κ3) is 5.17. The summed E-state index contributed by atoms with van der Waals surface area (Å²) in [5.74, 6) is 0.446. The summed E-state index contributed by atoms with van der Waals surface area (Å²) >= 11 is 6.30. The van der Waals surface area contributed by atoms with Gasteiger partial charge in [-0.2, -0.15) is 4.98 Å². The molecule has 0 saturated heterocycles. The van der Waals surface area contributed by atoms with Crippen LogP contribution in [0.5, 0.6) is 5.88 Å². The monoisotopic (exact) mass is 470 g/mol. The Bertz CT molecular complexity index is 1160. The standard InChI is InChI=1S/C24H27ClN4O4/c1-13(2)32-24-19(25)11-15(12-27-24)23-28-22(29-33-23)17-7-8-18-16(14(17)3)9-10-26-20(18)5-4-6-21(30)31/h7-8,11-13,20,26H,4-6,9-10H2,1-3H3,(H,30,31). The number of fused-ring (bicyclic) bond motifs is 1. The normalized spacial score (nSPS) is 15.5. The van der Waals surface area contributed by atoms with E-state index in [0.29, 0.717) is 34.6 Å². The fourth-order valence-electron chi connectivity index (χ4n) is 4.18. The first-order chi connectivity index (χ1) is 15.8. The molecule has 1 aromatic carbocycles. The maximum Gasteiger partial charge on any atom is 0.303 e. The van der Waals surface area contributed by atoms with Gasteiger partial charge in [0.15, 0.2) is 0 Å². The number of hydrogen-bond acceptors (Lipinski definition) is 7. The van der Waals surface area contributed by atoms with E-state index in [9.17, 15) is 4.79 Å². The number of aromatic nitrogens is 3. The Morgan fingerprint density at radius 1 is 1.39 bits per heavy atom. The van der Waals surface area contributed by atoms with Crippen molar-refractivity contribution in [3.8, 4) is 28.7 Å². The van der Waals surface area contributed by atoms with E-state index < -0.39 is 5.97 Å². The fourth-order valence-corrected chi connectivity index (χ4v) is 4.39. The zero-order chi connectivity index (χ0) is 23.5. The van der Waals surface area contributed by atoms with E-state index >= 15 is 0 Å². The van der Waals surface area contributed by atoms with Gasteiger partial charge in [-0.05, 0) is 69.3 Å². The number of carboxylic acid groups (broad SMARTS) is 1. The molecule has 0 aliphatic carbocycles. The van der Waals surface area contributed by atoms with Crippen molar-refractivity contribution in [2.24, 2.45) is 0 Å². The number of rotatable bonds is 8. The number of ether oxygens (including phenoxy) is 1. The molecule has 2 aromatic heterocycles. The molecule has 174 valence electrons. The van der Waals surface area contributed by atoms with Crippen molar-refractivity contribution < 1.29 is 19.2 Å². The lowest BCUT2D eigenvalue weighted by molar-refractivity contribution is -0.137. The van der Waals surface area contributed by atoms with Crippen molar-refractivity contribution in [1.82, 2.24) is 20.4 Å². The molecule has 1 unspecified atom stereocenters. The molecule has 0 amide bonds. The molecule has 1 atom stereocenters. The summed E-state index contributed by atoms with van der Waals surface area (Å²) in [6.07, 6.45) is 4.07. The second-order valence-electron chi connectivity index (χ2n) is 8.45. The first-order valence-electron chi connectivity index (χ1n) is 11.1. The Labute approximate surface area is 197 Å². The Morgan fingerprint density at radius 2 is 2.21 bits per heavy atom. The summed E-state index contributed by atoms with van der Waals surface area (Å²) in [4.78, 5) is 19.7. The molecule has 8 nitrogen and oxygen atoms in total. The first kappa shape index (κ1) is 23.2. The molecule has 1 aliphatic heterocycles. The van der Waals surface area contributed by atoms with Crippen molar-refractivity contribution in [3.63, 3.8) is 0 Å². The molecule has 9 heteroatoms. The third-order valence-electron chi connectivity index (χ3n) is 5.73. The summed E-state index contributed by atoms with van der Waals surface area (Å²) in [7, 11) is 0. The predicted molar refractivity (Wildman–Crippen MR) is 124 cm³/mol. The van der Waals surface area contributed by atoms with Gasteiger partial charge in [0.1, 0.15) is 5.02 Å². The van der Waals surface area contributed by atoms with Crippen molar-refractivity contribution in [2.45, 2.75) is 58.6 Å². The molecule has 0 bridgehead atoms. The SMILES string of the molecule is Cc1c(-c2noc(-c3cnc(OC(C)C)c(Cl)c3)n2)ccc2c1CCNC2CCCC(=O)O. The van der Waals surface area contributed by atoms with E-state index in [0.717, 1.165) is 30.5 Å². The lowest BCUT2D eigenvalue weighted by Gasteiger charge is -2.29. The zero-order valence-corrected chi connectivity index (χ0v) is 19.6. The van der Waals surface area contributed by atoms with Crippen LogP contribution in [0.3, 0.4) is 0 Å². The molecule has 1 aliphatic rings. The van der Waals surface area contributed by atoms with Crippen LogP contribution in [0.4, 0.5) is 0 Å². The van der Waals surface area contributed by atoms with Crippen LogP contribution in [0, 0.1) is 6.92 Å². The average Bonchev–Trinajstić information content (AvgIpc) is 3.25. The topological polar surface area (TPSA) is 110 Å². The Balaban J connectivity index is 1.57. The number of hydrogen-bond donors (Lipinski definition) is 2. The number of halogens is 1. The van der Waals surface area contributed by atoms with Crippen LogP contribution in [0.25, 0.3) is 22.8 Å². The minimum atomic E-state index is -0.760. The van der Waals surface area contributed by atoms with Gasteiger partial charge >= 0.3 is 5.97 Å². The Hall–Kier alpha value is -2.97. The maximum atomic E-state index is 10.9. The van der Waals surface area contributed by atoms with Crippen molar-refractivity contribution in [3.05, 3.63) is 46.1 Å². The quantitative estimate of drug-likeness (QED) is 0.473. The van der Waals surface area contributed by atoms with Gasteiger partial charge in [-0.15, -0.1) is 0 Å². The van der Waals surface area contributed by atoms with Gasteiger partial charge in [-0.3, -0.25) is 4.79 Å². The first-order valence-corrected chi connectivity index (χ1v) is 11.5. The van der Waals surface area contributed by atoms with Crippen LogP contribution in [-0.4, -0.2) is 38.8 Å². The smallest absolute Gasteiger partial charge is 0.303 e. The highest BCUT2D eigenvalue weighted by atomic mass is 35.5. The lowest BCUT2D eigenvalue weighted by Crippen LogP contribution is -2.30. The fraction of sp³-hybridized carbons (Fsp3) is 0.417. The van der Waals surface area contributed by atoms with E-state index in [4.69, 9.17) is 26.0 Å². The number of pyridine rings is 1. The van der Waals surface area contributed by atoms with Crippen LogP contribution in [0.15, 0.2) is 28.9 Å². The molecular weight excluding hydrogens is 444 g/mol. The number of aliphatic carboxylic acids is 1. The summed E-state index contributed by atoms with van der Waals surface area (Å²) in [6, 6.07) is 5.95. The van der Waals surface area contributed by atoms with Gasteiger partial charge in [0.2, 0.25) is 11.7 Å². The summed E-state index contributed by atoms with van der Waals surface area (Å²) in [5.41, 5.74) is 5.12.